The summed E-state index contributed by atoms with van der Waals surface area (Å²) in [6, 6.07) is 0.506. The molecule has 2 unspecified atom stereocenters. The van der Waals surface area contributed by atoms with E-state index in [0.29, 0.717) is 17.6 Å². The van der Waals surface area contributed by atoms with Crippen molar-refractivity contribution in [2.24, 2.45) is 10.4 Å². The third-order valence-corrected chi connectivity index (χ3v) is 6.10. The highest BCUT2D eigenvalue weighted by Gasteiger charge is 2.56. The lowest BCUT2D eigenvalue weighted by molar-refractivity contribution is -0.125. The molecule has 2 saturated carbocycles. The third kappa shape index (κ3) is 4.37. The van der Waals surface area contributed by atoms with E-state index in [1.54, 1.807) is 0 Å². The fourth-order valence-electron chi connectivity index (χ4n) is 4.68. The van der Waals surface area contributed by atoms with Gasteiger partial charge in [0.25, 0.3) is 0 Å². The Kier molecular flexibility index (Phi) is 6.77. The predicted molar refractivity (Wildman–Crippen MR) is 102 cm³/mol. The number of nitrogens with zero attached hydrogens (tertiary/aromatic N) is 1. The zero-order valence-corrected chi connectivity index (χ0v) is 16.0. The number of nitrogens with one attached hydrogen (secondary N) is 2. The van der Waals surface area contributed by atoms with Gasteiger partial charge in [-0.05, 0) is 46.0 Å². The molecular formula is C20H35N3O2. The second kappa shape index (κ2) is 9.04. The van der Waals surface area contributed by atoms with Crippen molar-refractivity contribution in [1.29, 1.82) is 0 Å². The largest absolute Gasteiger partial charge is 0.378 e. The minimum Gasteiger partial charge on any atom is -0.378 e. The van der Waals surface area contributed by atoms with Gasteiger partial charge in [0.15, 0.2) is 5.96 Å². The standard InChI is InChI=1S/C20H35N3O2/c1-3-21-19(22-12-7-16-8-13-24-14-9-16)23-17-15-18(25-4-2)20(17)10-5-6-11-20/h8,17-18H,3-7,9-15H2,1-2H3,(H2,21,22,23). The van der Waals surface area contributed by atoms with Crippen LogP contribution in [0, 0.1) is 5.41 Å². The van der Waals surface area contributed by atoms with E-state index in [4.69, 9.17) is 14.5 Å². The molecule has 1 spiro atoms. The first-order chi connectivity index (χ1) is 12.3. The molecule has 0 amide bonds. The quantitative estimate of drug-likeness (QED) is 0.421. The molecule has 5 heteroatoms. The number of ether oxygens (including phenoxy) is 2. The summed E-state index contributed by atoms with van der Waals surface area (Å²) in [6.45, 7) is 8.43. The van der Waals surface area contributed by atoms with Crippen LogP contribution in [-0.4, -0.2) is 51.0 Å². The van der Waals surface area contributed by atoms with Crippen LogP contribution in [0.4, 0.5) is 0 Å². The number of hydrogen-bond acceptors (Lipinski definition) is 3. The Morgan fingerprint density at radius 1 is 1.36 bits per heavy atom. The highest BCUT2D eigenvalue weighted by molar-refractivity contribution is 5.80. The monoisotopic (exact) mass is 349 g/mol. The third-order valence-electron chi connectivity index (χ3n) is 6.10. The maximum absolute atomic E-state index is 6.03. The van der Waals surface area contributed by atoms with E-state index < -0.39 is 0 Å². The van der Waals surface area contributed by atoms with Gasteiger partial charge in [-0.2, -0.15) is 0 Å². The van der Waals surface area contributed by atoms with Gasteiger partial charge in [-0.1, -0.05) is 24.5 Å². The lowest BCUT2D eigenvalue weighted by atomic mass is 9.60. The molecule has 1 heterocycles. The molecule has 0 saturated heterocycles. The smallest absolute Gasteiger partial charge is 0.191 e. The van der Waals surface area contributed by atoms with E-state index >= 15 is 0 Å². The highest BCUT2D eigenvalue weighted by atomic mass is 16.5. The SMILES string of the molecule is CCNC(=NCCC1=CCOCC1)NC1CC(OCC)C12CCCC2. The van der Waals surface area contributed by atoms with E-state index in [9.17, 15) is 0 Å². The minimum absolute atomic E-state index is 0.343. The lowest BCUT2D eigenvalue weighted by Crippen LogP contribution is -2.65. The van der Waals surface area contributed by atoms with Crippen LogP contribution in [0.3, 0.4) is 0 Å². The van der Waals surface area contributed by atoms with E-state index in [1.165, 1.54) is 31.3 Å². The maximum atomic E-state index is 6.03. The molecule has 0 aromatic carbocycles. The van der Waals surface area contributed by atoms with Crippen LogP contribution in [0.25, 0.3) is 0 Å². The normalized spacial score (nSPS) is 28.6. The lowest BCUT2D eigenvalue weighted by Gasteiger charge is -2.54. The topological polar surface area (TPSA) is 54.9 Å². The van der Waals surface area contributed by atoms with Gasteiger partial charge >= 0.3 is 0 Å². The van der Waals surface area contributed by atoms with Gasteiger partial charge in [-0.15, -0.1) is 0 Å². The van der Waals surface area contributed by atoms with Crippen molar-refractivity contribution in [3.8, 4) is 0 Å². The van der Waals surface area contributed by atoms with Crippen molar-refractivity contribution in [3.05, 3.63) is 11.6 Å². The van der Waals surface area contributed by atoms with E-state index in [1.807, 2.05) is 0 Å². The molecule has 3 rings (SSSR count). The van der Waals surface area contributed by atoms with Gasteiger partial charge in [0.1, 0.15) is 0 Å². The summed E-state index contributed by atoms with van der Waals surface area (Å²) in [4.78, 5) is 4.83. The summed E-state index contributed by atoms with van der Waals surface area (Å²) in [5.41, 5.74) is 1.83. The van der Waals surface area contributed by atoms with Crippen molar-refractivity contribution >= 4 is 5.96 Å². The molecule has 0 radical (unpaired) electrons. The Balaban J connectivity index is 1.55. The van der Waals surface area contributed by atoms with Crippen LogP contribution in [0.15, 0.2) is 16.6 Å². The van der Waals surface area contributed by atoms with Crippen LogP contribution in [0.1, 0.15) is 58.8 Å². The molecule has 0 aromatic heterocycles. The van der Waals surface area contributed by atoms with Crippen molar-refractivity contribution in [2.75, 3.05) is 32.9 Å². The Morgan fingerprint density at radius 2 is 2.20 bits per heavy atom. The number of guanidine groups is 1. The Labute approximate surface area is 152 Å². The highest BCUT2D eigenvalue weighted by Crippen LogP contribution is 2.54. The number of aliphatic imine (C=N–C) groups is 1. The first-order valence-electron chi connectivity index (χ1n) is 10.2. The van der Waals surface area contributed by atoms with Gasteiger partial charge in [-0.3, -0.25) is 4.99 Å². The predicted octanol–water partition coefficient (Wildman–Crippen LogP) is 3.02. The van der Waals surface area contributed by atoms with Crippen molar-refractivity contribution in [2.45, 2.75) is 70.9 Å². The van der Waals surface area contributed by atoms with Crippen molar-refractivity contribution < 1.29 is 9.47 Å². The van der Waals surface area contributed by atoms with Crippen LogP contribution < -0.4 is 10.6 Å². The zero-order valence-electron chi connectivity index (χ0n) is 16.0. The van der Waals surface area contributed by atoms with Gasteiger partial charge in [-0.25, -0.2) is 0 Å². The van der Waals surface area contributed by atoms with Crippen LogP contribution in [0.2, 0.25) is 0 Å². The summed E-state index contributed by atoms with van der Waals surface area (Å²) >= 11 is 0. The van der Waals surface area contributed by atoms with E-state index in [0.717, 1.165) is 58.1 Å². The molecule has 0 aromatic rings. The summed E-state index contributed by atoms with van der Waals surface area (Å²) in [5.74, 6) is 0.974. The molecular weight excluding hydrogens is 314 g/mol. The summed E-state index contributed by atoms with van der Waals surface area (Å²) in [6.07, 6.45) is 11.1. The molecule has 2 atom stereocenters. The molecule has 1 aliphatic heterocycles. The first-order valence-corrected chi connectivity index (χ1v) is 10.2. The Bertz CT molecular complexity index is 483. The van der Waals surface area contributed by atoms with E-state index in [2.05, 4.69) is 30.6 Å². The Hall–Kier alpha value is -1.07. The van der Waals surface area contributed by atoms with Crippen LogP contribution >= 0.6 is 0 Å². The molecule has 2 fully saturated rings. The van der Waals surface area contributed by atoms with Crippen LogP contribution in [-0.2, 0) is 9.47 Å². The average Bonchev–Trinajstić information content (AvgIpc) is 3.15. The van der Waals surface area contributed by atoms with E-state index in [-0.39, 0.29) is 0 Å². The van der Waals surface area contributed by atoms with Crippen molar-refractivity contribution in [3.63, 3.8) is 0 Å². The molecule has 2 aliphatic carbocycles. The van der Waals surface area contributed by atoms with Crippen molar-refractivity contribution in [1.82, 2.24) is 10.6 Å². The molecule has 2 N–H and O–H groups in total. The maximum Gasteiger partial charge on any atom is 0.191 e. The fourth-order valence-corrected chi connectivity index (χ4v) is 4.68. The second-order valence-electron chi connectivity index (χ2n) is 7.51. The van der Waals surface area contributed by atoms with Crippen LogP contribution in [0.5, 0.6) is 0 Å². The average molecular weight is 350 g/mol. The molecule has 25 heavy (non-hydrogen) atoms. The van der Waals surface area contributed by atoms with Gasteiger partial charge in [0.2, 0.25) is 0 Å². The summed E-state index contributed by atoms with van der Waals surface area (Å²) in [7, 11) is 0. The van der Waals surface area contributed by atoms with Gasteiger partial charge < -0.3 is 20.1 Å². The summed E-state index contributed by atoms with van der Waals surface area (Å²) < 4.78 is 11.4. The number of hydrogen-bond donors (Lipinski definition) is 2. The first kappa shape index (κ1) is 18.7. The molecule has 3 aliphatic rings. The van der Waals surface area contributed by atoms with Gasteiger partial charge in [0.05, 0.1) is 19.3 Å². The fraction of sp³-hybridized carbons (Fsp3) is 0.850. The Morgan fingerprint density at radius 3 is 2.88 bits per heavy atom. The molecule has 5 nitrogen and oxygen atoms in total. The molecule has 0 bridgehead atoms. The minimum atomic E-state index is 0.343. The second-order valence-corrected chi connectivity index (χ2v) is 7.51. The zero-order chi connectivity index (χ0) is 17.5. The van der Waals surface area contributed by atoms with Gasteiger partial charge in [0, 0.05) is 31.2 Å². The molecule has 142 valence electrons. The summed E-state index contributed by atoms with van der Waals surface area (Å²) in [5, 5.41) is 7.15. The number of rotatable bonds is 7.